The van der Waals surface area contributed by atoms with E-state index in [1.165, 1.54) is 37.7 Å². The number of ether oxygens (including phenoxy) is 3. The standard InChI is InChI=1S/C17H21N3O5S/c1-20(2)19-16(22)11-6-7-26-17(11)18-15(21)10-8-12(23-3)14(25-5)13(9-10)24-4/h6-9H,1-5H3,(H,18,21)(H,19,22). The fraction of sp³-hybridized carbons (Fsp3) is 0.294. The summed E-state index contributed by atoms with van der Waals surface area (Å²) in [6.45, 7) is 0. The van der Waals surface area contributed by atoms with Crippen LogP contribution in [-0.4, -0.2) is 52.2 Å². The molecule has 0 aliphatic heterocycles. The molecule has 0 radical (unpaired) electrons. The molecule has 0 aliphatic rings. The van der Waals surface area contributed by atoms with Crippen LogP contribution in [-0.2, 0) is 0 Å². The molecule has 0 bridgehead atoms. The van der Waals surface area contributed by atoms with Crippen LogP contribution in [0.2, 0.25) is 0 Å². The molecule has 0 spiro atoms. The monoisotopic (exact) mass is 379 g/mol. The van der Waals surface area contributed by atoms with Crippen LogP contribution in [0.3, 0.4) is 0 Å². The first-order chi connectivity index (χ1) is 12.4. The van der Waals surface area contributed by atoms with Crippen LogP contribution in [0, 0.1) is 0 Å². The first-order valence-electron chi connectivity index (χ1n) is 7.58. The van der Waals surface area contributed by atoms with Gasteiger partial charge in [-0.2, -0.15) is 0 Å². The van der Waals surface area contributed by atoms with E-state index < -0.39 is 5.91 Å². The second-order valence-corrected chi connectivity index (χ2v) is 6.28. The molecule has 1 heterocycles. The van der Waals surface area contributed by atoms with Crippen LogP contribution < -0.4 is 25.0 Å². The fourth-order valence-electron chi connectivity index (χ4n) is 2.24. The van der Waals surface area contributed by atoms with Crippen molar-refractivity contribution < 1.29 is 23.8 Å². The van der Waals surface area contributed by atoms with Gasteiger partial charge in [0.2, 0.25) is 5.75 Å². The van der Waals surface area contributed by atoms with Gasteiger partial charge in [-0.1, -0.05) is 0 Å². The van der Waals surface area contributed by atoms with E-state index in [2.05, 4.69) is 10.7 Å². The molecule has 9 heteroatoms. The van der Waals surface area contributed by atoms with Crippen molar-refractivity contribution in [3.63, 3.8) is 0 Å². The molecule has 2 amide bonds. The van der Waals surface area contributed by atoms with E-state index >= 15 is 0 Å². The smallest absolute Gasteiger partial charge is 0.268 e. The molecule has 26 heavy (non-hydrogen) atoms. The second-order valence-electron chi connectivity index (χ2n) is 5.37. The maximum Gasteiger partial charge on any atom is 0.268 e. The topological polar surface area (TPSA) is 89.1 Å². The zero-order valence-electron chi connectivity index (χ0n) is 15.2. The number of carbonyl (C=O) groups excluding carboxylic acids is 2. The minimum Gasteiger partial charge on any atom is -0.493 e. The summed E-state index contributed by atoms with van der Waals surface area (Å²) >= 11 is 1.26. The summed E-state index contributed by atoms with van der Waals surface area (Å²) in [5, 5.41) is 6.46. The van der Waals surface area contributed by atoms with Gasteiger partial charge in [0.1, 0.15) is 5.00 Å². The third kappa shape index (κ3) is 4.24. The zero-order chi connectivity index (χ0) is 19.3. The molecular weight excluding hydrogens is 358 g/mol. The third-order valence-electron chi connectivity index (χ3n) is 3.39. The lowest BCUT2D eigenvalue weighted by molar-refractivity contribution is 0.0858. The minimum absolute atomic E-state index is 0.309. The van der Waals surface area contributed by atoms with E-state index in [9.17, 15) is 9.59 Å². The molecule has 8 nitrogen and oxygen atoms in total. The summed E-state index contributed by atoms with van der Waals surface area (Å²) < 4.78 is 15.8. The van der Waals surface area contributed by atoms with Crippen LogP contribution in [0.25, 0.3) is 0 Å². The van der Waals surface area contributed by atoms with Gasteiger partial charge in [0.15, 0.2) is 11.5 Å². The quantitative estimate of drug-likeness (QED) is 0.717. The van der Waals surface area contributed by atoms with Gasteiger partial charge in [-0.05, 0) is 23.6 Å². The van der Waals surface area contributed by atoms with Crippen LogP contribution in [0.4, 0.5) is 5.00 Å². The number of methoxy groups -OCH3 is 3. The van der Waals surface area contributed by atoms with Crippen molar-refractivity contribution in [1.29, 1.82) is 0 Å². The Morgan fingerprint density at radius 3 is 2.12 bits per heavy atom. The number of anilines is 1. The number of nitrogens with one attached hydrogen (secondary N) is 2. The number of amides is 2. The predicted molar refractivity (Wildman–Crippen MR) is 99.5 cm³/mol. The lowest BCUT2D eigenvalue weighted by Gasteiger charge is -2.14. The van der Waals surface area contributed by atoms with Gasteiger partial charge >= 0.3 is 0 Å². The Kier molecular flexibility index (Phi) is 6.42. The second kappa shape index (κ2) is 8.54. The number of hydrazine groups is 1. The van der Waals surface area contributed by atoms with Crippen LogP contribution >= 0.6 is 11.3 Å². The van der Waals surface area contributed by atoms with Gasteiger partial charge in [-0.3, -0.25) is 15.0 Å². The van der Waals surface area contributed by atoms with E-state index in [-0.39, 0.29) is 5.91 Å². The zero-order valence-corrected chi connectivity index (χ0v) is 16.0. The molecular formula is C17H21N3O5S. The van der Waals surface area contributed by atoms with Gasteiger partial charge < -0.3 is 19.5 Å². The number of carbonyl (C=O) groups is 2. The minimum atomic E-state index is -0.398. The van der Waals surface area contributed by atoms with E-state index in [0.717, 1.165) is 0 Å². The molecule has 0 unspecified atom stereocenters. The van der Waals surface area contributed by atoms with Crippen molar-refractivity contribution in [1.82, 2.24) is 10.4 Å². The van der Waals surface area contributed by atoms with Gasteiger partial charge in [-0.25, -0.2) is 5.01 Å². The third-order valence-corrected chi connectivity index (χ3v) is 4.22. The molecule has 2 N–H and O–H groups in total. The summed E-state index contributed by atoms with van der Waals surface area (Å²) in [5.41, 5.74) is 3.33. The first-order valence-corrected chi connectivity index (χ1v) is 8.46. The van der Waals surface area contributed by atoms with E-state index in [1.54, 1.807) is 37.7 Å². The normalized spacial score (nSPS) is 10.4. The van der Waals surface area contributed by atoms with Gasteiger partial charge in [0, 0.05) is 19.7 Å². The van der Waals surface area contributed by atoms with Crippen molar-refractivity contribution in [2.45, 2.75) is 0 Å². The SMILES string of the molecule is COc1cc(C(=O)Nc2sccc2C(=O)NN(C)C)cc(OC)c1OC. The molecule has 1 aromatic carbocycles. The highest BCUT2D eigenvalue weighted by Gasteiger charge is 2.20. The van der Waals surface area contributed by atoms with Crippen molar-refractivity contribution in [2.24, 2.45) is 0 Å². The number of benzene rings is 1. The van der Waals surface area contributed by atoms with Crippen molar-refractivity contribution in [3.8, 4) is 17.2 Å². The van der Waals surface area contributed by atoms with Crippen molar-refractivity contribution in [2.75, 3.05) is 40.7 Å². The predicted octanol–water partition coefficient (Wildman–Crippen LogP) is 2.23. The van der Waals surface area contributed by atoms with Gasteiger partial charge in [0.05, 0.1) is 26.9 Å². The Balaban J connectivity index is 2.29. The molecule has 0 atom stereocenters. The summed E-state index contributed by atoms with van der Waals surface area (Å²) in [6, 6.07) is 4.74. The summed E-state index contributed by atoms with van der Waals surface area (Å²) in [4.78, 5) is 24.8. The van der Waals surface area contributed by atoms with Gasteiger partial charge in [0.25, 0.3) is 11.8 Å². The van der Waals surface area contributed by atoms with Crippen LogP contribution in [0.15, 0.2) is 23.6 Å². The molecule has 140 valence electrons. The number of hydrogen-bond acceptors (Lipinski definition) is 7. The molecule has 1 aromatic heterocycles. The maximum atomic E-state index is 12.6. The number of rotatable bonds is 7. The van der Waals surface area contributed by atoms with Crippen molar-refractivity contribution >= 4 is 28.2 Å². The molecule has 2 rings (SSSR count). The summed E-state index contributed by atoms with van der Waals surface area (Å²) in [5.74, 6) is 0.429. The summed E-state index contributed by atoms with van der Waals surface area (Å²) in [6.07, 6.45) is 0. The van der Waals surface area contributed by atoms with E-state index in [1.807, 2.05) is 0 Å². The highest BCUT2D eigenvalue weighted by atomic mass is 32.1. The maximum absolute atomic E-state index is 12.6. The molecule has 0 fully saturated rings. The molecule has 0 aliphatic carbocycles. The Labute approximate surface area is 155 Å². The first kappa shape index (κ1) is 19.5. The number of nitrogens with zero attached hydrogens (tertiary/aromatic N) is 1. The number of thiophene rings is 1. The Hall–Kier alpha value is -2.78. The van der Waals surface area contributed by atoms with Gasteiger partial charge in [-0.15, -0.1) is 11.3 Å². The Bertz CT molecular complexity index is 778. The average Bonchev–Trinajstić information content (AvgIpc) is 3.07. The highest BCUT2D eigenvalue weighted by molar-refractivity contribution is 7.14. The average molecular weight is 379 g/mol. The summed E-state index contributed by atoms with van der Waals surface area (Å²) in [7, 11) is 7.85. The number of hydrogen-bond donors (Lipinski definition) is 2. The highest BCUT2D eigenvalue weighted by Crippen LogP contribution is 2.38. The van der Waals surface area contributed by atoms with Crippen molar-refractivity contribution in [3.05, 3.63) is 34.7 Å². The Morgan fingerprint density at radius 2 is 1.62 bits per heavy atom. The molecule has 2 aromatic rings. The van der Waals surface area contributed by atoms with E-state index in [0.29, 0.717) is 33.4 Å². The Morgan fingerprint density at radius 1 is 1.00 bits per heavy atom. The van der Waals surface area contributed by atoms with E-state index in [4.69, 9.17) is 14.2 Å². The largest absolute Gasteiger partial charge is 0.493 e. The van der Waals surface area contributed by atoms with Crippen LogP contribution in [0.5, 0.6) is 17.2 Å². The molecule has 0 saturated carbocycles. The lowest BCUT2D eigenvalue weighted by atomic mass is 10.1. The molecule has 0 saturated heterocycles. The fourth-order valence-corrected chi connectivity index (χ4v) is 3.02. The van der Waals surface area contributed by atoms with Crippen LogP contribution in [0.1, 0.15) is 20.7 Å². The lowest BCUT2D eigenvalue weighted by Crippen LogP contribution is -2.36.